The molecule has 0 fully saturated rings. The Hall–Kier alpha value is -2.19. The van der Waals surface area contributed by atoms with Crippen LogP contribution in [-0.4, -0.2) is 44.3 Å². The van der Waals surface area contributed by atoms with Crippen LogP contribution in [0.1, 0.15) is 31.2 Å². The van der Waals surface area contributed by atoms with E-state index in [4.69, 9.17) is 0 Å². The molecule has 0 aromatic carbocycles. The molecule has 0 saturated heterocycles. The summed E-state index contributed by atoms with van der Waals surface area (Å²) in [5.41, 5.74) is 1.67. The Morgan fingerprint density at radius 1 is 1.38 bits per heavy atom. The highest BCUT2D eigenvalue weighted by Crippen LogP contribution is 2.23. The highest BCUT2D eigenvalue weighted by molar-refractivity contribution is 7.10. The number of hydrogen-bond donors (Lipinski definition) is 2. The van der Waals surface area contributed by atoms with Crippen LogP contribution in [-0.2, 0) is 18.5 Å². The summed E-state index contributed by atoms with van der Waals surface area (Å²) in [6, 6.07) is 2.22. The lowest BCUT2D eigenvalue weighted by molar-refractivity contribution is 0.266. The average molecular weight is 372 g/mol. The van der Waals surface area contributed by atoms with Crippen molar-refractivity contribution in [2.75, 3.05) is 25.0 Å². The molecule has 0 radical (unpaired) electrons. The topological polar surface area (TPSA) is 78.8 Å². The highest BCUT2D eigenvalue weighted by Gasteiger charge is 2.20. The lowest BCUT2D eigenvalue weighted by Crippen LogP contribution is -2.34. The Morgan fingerprint density at radius 2 is 2.23 bits per heavy atom. The van der Waals surface area contributed by atoms with Crippen LogP contribution in [0.4, 0.5) is 5.95 Å². The molecule has 2 N–H and O–H groups in total. The van der Waals surface area contributed by atoms with E-state index < -0.39 is 0 Å². The van der Waals surface area contributed by atoms with Gasteiger partial charge in [0.15, 0.2) is 5.65 Å². The summed E-state index contributed by atoms with van der Waals surface area (Å²) in [6.45, 7) is 9.86. The van der Waals surface area contributed by atoms with Crippen LogP contribution in [0.5, 0.6) is 0 Å². The molecule has 0 spiro atoms. The Bertz CT molecular complexity index is 980. The summed E-state index contributed by atoms with van der Waals surface area (Å²) in [4.78, 5) is 23.7. The van der Waals surface area contributed by atoms with Gasteiger partial charge in [0.2, 0.25) is 5.95 Å². The fraction of sp³-hybridized carbons (Fsp3) is 0.500. The number of thiophene rings is 1. The smallest absolute Gasteiger partial charge is 0.263 e. The van der Waals surface area contributed by atoms with E-state index in [1.54, 1.807) is 10.9 Å². The molecule has 0 bridgehead atoms. The number of anilines is 1. The zero-order valence-corrected chi connectivity index (χ0v) is 16.2. The summed E-state index contributed by atoms with van der Waals surface area (Å²) in [5.74, 6) is 0.502. The van der Waals surface area contributed by atoms with Crippen LogP contribution in [0.15, 0.2) is 22.4 Å². The van der Waals surface area contributed by atoms with Gasteiger partial charge in [0, 0.05) is 31.1 Å². The van der Waals surface area contributed by atoms with Gasteiger partial charge in [-0.1, -0.05) is 0 Å². The van der Waals surface area contributed by atoms with Gasteiger partial charge in [-0.3, -0.25) is 14.7 Å². The zero-order chi connectivity index (χ0) is 18.3. The number of rotatable bonds is 4. The largest absolute Gasteiger partial charge is 0.354 e. The first-order valence-electron chi connectivity index (χ1n) is 8.92. The Kier molecular flexibility index (Phi) is 4.32. The third-order valence-electron chi connectivity index (χ3n) is 4.68. The maximum Gasteiger partial charge on any atom is 0.263 e. The molecule has 4 rings (SSSR count). The van der Waals surface area contributed by atoms with Gasteiger partial charge in [-0.05, 0) is 44.2 Å². The lowest BCUT2D eigenvalue weighted by Gasteiger charge is -2.26. The number of aromatic amines is 1. The van der Waals surface area contributed by atoms with E-state index in [1.165, 1.54) is 10.4 Å². The van der Waals surface area contributed by atoms with Gasteiger partial charge >= 0.3 is 0 Å². The van der Waals surface area contributed by atoms with Crippen molar-refractivity contribution < 1.29 is 0 Å². The van der Waals surface area contributed by atoms with Gasteiger partial charge in [-0.25, -0.2) is 4.68 Å². The van der Waals surface area contributed by atoms with E-state index >= 15 is 0 Å². The molecular formula is C18H24N6OS. The number of nitrogens with zero attached hydrogens (tertiary/aromatic N) is 4. The fourth-order valence-electron chi connectivity index (χ4n) is 3.32. The molecule has 0 amide bonds. The van der Waals surface area contributed by atoms with Crippen molar-refractivity contribution >= 4 is 28.3 Å². The monoisotopic (exact) mass is 372 g/mol. The van der Waals surface area contributed by atoms with Crippen molar-refractivity contribution in [2.24, 2.45) is 0 Å². The van der Waals surface area contributed by atoms with Gasteiger partial charge in [-0.2, -0.15) is 10.1 Å². The van der Waals surface area contributed by atoms with Crippen molar-refractivity contribution in [1.82, 2.24) is 24.6 Å². The number of fused-ring (bicyclic) bond motifs is 2. The molecule has 3 aromatic heterocycles. The standard InChI is InChI=1S/C18H24N6OS/c1-18(2,3)24-15-13(10-20-24)16(25)22-17(21-15)19-6-8-23-7-4-14-12(11-23)5-9-26-14/h5,9-10H,4,6-8,11H2,1-3H3,(H2,19,21,22,25). The second-order valence-corrected chi connectivity index (χ2v) is 8.70. The molecule has 138 valence electrons. The van der Waals surface area contributed by atoms with Gasteiger partial charge in [0.25, 0.3) is 5.56 Å². The molecule has 0 saturated carbocycles. The molecular weight excluding hydrogens is 348 g/mol. The van der Waals surface area contributed by atoms with Crippen molar-refractivity contribution in [3.63, 3.8) is 0 Å². The quantitative estimate of drug-likeness (QED) is 0.735. The van der Waals surface area contributed by atoms with Crippen molar-refractivity contribution in [3.05, 3.63) is 38.4 Å². The van der Waals surface area contributed by atoms with Crippen molar-refractivity contribution in [1.29, 1.82) is 0 Å². The minimum absolute atomic E-state index is 0.158. The van der Waals surface area contributed by atoms with Crippen LogP contribution < -0.4 is 10.9 Å². The van der Waals surface area contributed by atoms with Crippen LogP contribution in [0.2, 0.25) is 0 Å². The van der Waals surface area contributed by atoms with E-state index in [0.29, 0.717) is 17.0 Å². The molecule has 1 aliphatic rings. The van der Waals surface area contributed by atoms with Crippen molar-refractivity contribution in [2.45, 2.75) is 39.3 Å². The van der Waals surface area contributed by atoms with Gasteiger partial charge in [-0.15, -0.1) is 11.3 Å². The van der Waals surface area contributed by atoms with Crippen LogP contribution in [0, 0.1) is 0 Å². The third kappa shape index (κ3) is 3.26. The average Bonchev–Trinajstić information content (AvgIpc) is 3.20. The SMILES string of the molecule is CC(C)(C)n1ncc2c(=O)[nH]c(NCCN3CCc4sccc4C3)nc21. The first-order valence-corrected chi connectivity index (χ1v) is 9.80. The van der Waals surface area contributed by atoms with Gasteiger partial charge in [0.05, 0.1) is 11.7 Å². The first-order chi connectivity index (χ1) is 12.4. The summed E-state index contributed by atoms with van der Waals surface area (Å²) >= 11 is 1.85. The normalized spacial score (nSPS) is 15.3. The lowest BCUT2D eigenvalue weighted by atomic mass is 10.1. The predicted molar refractivity (Wildman–Crippen MR) is 105 cm³/mol. The van der Waals surface area contributed by atoms with E-state index in [9.17, 15) is 4.79 Å². The molecule has 26 heavy (non-hydrogen) atoms. The number of H-pyrrole nitrogens is 1. The molecule has 3 aromatic rings. The summed E-state index contributed by atoms with van der Waals surface area (Å²) in [6.07, 6.45) is 2.71. The van der Waals surface area contributed by atoms with Crippen LogP contribution in [0.25, 0.3) is 11.0 Å². The minimum atomic E-state index is -0.230. The Morgan fingerprint density at radius 3 is 3.04 bits per heavy atom. The fourth-order valence-corrected chi connectivity index (χ4v) is 4.21. The van der Waals surface area contributed by atoms with Crippen LogP contribution in [0.3, 0.4) is 0 Å². The molecule has 0 unspecified atom stereocenters. The van der Waals surface area contributed by atoms with Crippen molar-refractivity contribution in [3.8, 4) is 0 Å². The van der Waals surface area contributed by atoms with E-state index in [-0.39, 0.29) is 11.1 Å². The highest BCUT2D eigenvalue weighted by atomic mass is 32.1. The van der Waals surface area contributed by atoms with Gasteiger partial charge in [0.1, 0.15) is 5.39 Å². The second-order valence-electron chi connectivity index (χ2n) is 7.70. The summed E-state index contributed by atoms with van der Waals surface area (Å²) in [5, 5.41) is 10.3. The molecule has 1 aliphatic heterocycles. The van der Waals surface area contributed by atoms with E-state index in [1.807, 2.05) is 32.1 Å². The number of nitrogens with one attached hydrogen (secondary N) is 2. The molecule has 4 heterocycles. The molecule has 0 aliphatic carbocycles. The molecule has 8 heteroatoms. The first kappa shape index (κ1) is 17.2. The molecule has 0 atom stereocenters. The summed E-state index contributed by atoms with van der Waals surface area (Å²) < 4.78 is 1.80. The van der Waals surface area contributed by atoms with Crippen LogP contribution >= 0.6 is 11.3 Å². The third-order valence-corrected chi connectivity index (χ3v) is 5.70. The zero-order valence-electron chi connectivity index (χ0n) is 15.4. The maximum absolute atomic E-state index is 12.3. The minimum Gasteiger partial charge on any atom is -0.354 e. The maximum atomic E-state index is 12.3. The Balaban J connectivity index is 1.45. The second kappa shape index (κ2) is 6.51. The van der Waals surface area contributed by atoms with E-state index in [2.05, 4.69) is 36.7 Å². The summed E-state index contributed by atoms with van der Waals surface area (Å²) in [7, 11) is 0. The van der Waals surface area contributed by atoms with E-state index in [0.717, 1.165) is 32.6 Å². The number of aromatic nitrogens is 4. The predicted octanol–water partition coefficient (Wildman–Crippen LogP) is 2.41. The Labute approximate surface area is 156 Å². The number of hydrogen-bond acceptors (Lipinski definition) is 6. The van der Waals surface area contributed by atoms with Gasteiger partial charge < -0.3 is 5.32 Å². The molecule has 7 nitrogen and oxygen atoms in total.